The van der Waals surface area contributed by atoms with Crippen LogP contribution in [-0.4, -0.2) is 28.0 Å². The molecule has 0 atom stereocenters. The lowest BCUT2D eigenvalue weighted by Gasteiger charge is -2.19. The van der Waals surface area contributed by atoms with Gasteiger partial charge >= 0.3 is 0 Å². The number of aryl methyl sites for hydroxylation is 2. The van der Waals surface area contributed by atoms with Gasteiger partial charge in [-0.15, -0.1) is 0 Å². The highest BCUT2D eigenvalue weighted by Gasteiger charge is 2.11. The van der Waals surface area contributed by atoms with Gasteiger partial charge in [0.05, 0.1) is 0 Å². The van der Waals surface area contributed by atoms with E-state index in [1.54, 1.807) is 0 Å². The number of benzene rings is 1. The standard InChI is InChI=1S/C15H20ClN5/c1-5-21(6-2)15-19-13(16)18-14(20-15)17-12-9-10(3)7-8-11(12)4/h7-9H,5-6H2,1-4H3,(H,17,18,19,20). The highest BCUT2D eigenvalue weighted by molar-refractivity contribution is 6.28. The maximum atomic E-state index is 6.02. The number of anilines is 3. The second-order valence-electron chi connectivity index (χ2n) is 4.84. The van der Waals surface area contributed by atoms with Gasteiger partial charge in [0.1, 0.15) is 0 Å². The molecule has 0 saturated carbocycles. The van der Waals surface area contributed by atoms with E-state index < -0.39 is 0 Å². The fourth-order valence-corrected chi connectivity index (χ4v) is 2.19. The molecule has 0 aliphatic heterocycles. The maximum Gasteiger partial charge on any atom is 0.233 e. The minimum Gasteiger partial charge on any atom is -0.341 e. The van der Waals surface area contributed by atoms with E-state index in [2.05, 4.69) is 52.3 Å². The van der Waals surface area contributed by atoms with Gasteiger partial charge in [-0.25, -0.2) is 0 Å². The van der Waals surface area contributed by atoms with E-state index in [0.717, 1.165) is 24.3 Å². The molecule has 1 aromatic heterocycles. The maximum absolute atomic E-state index is 6.02. The Hall–Kier alpha value is -1.88. The molecular formula is C15H20ClN5. The molecule has 1 heterocycles. The molecule has 0 bridgehead atoms. The number of nitrogens with one attached hydrogen (secondary N) is 1. The topological polar surface area (TPSA) is 53.9 Å². The minimum atomic E-state index is 0.194. The van der Waals surface area contributed by atoms with Crippen LogP contribution >= 0.6 is 11.6 Å². The zero-order valence-electron chi connectivity index (χ0n) is 12.8. The van der Waals surface area contributed by atoms with Crippen molar-refractivity contribution >= 4 is 29.2 Å². The van der Waals surface area contributed by atoms with Crippen molar-refractivity contribution < 1.29 is 0 Å². The summed E-state index contributed by atoms with van der Waals surface area (Å²) in [6.45, 7) is 9.83. The lowest BCUT2D eigenvalue weighted by Crippen LogP contribution is -2.24. The van der Waals surface area contributed by atoms with E-state index in [-0.39, 0.29) is 5.28 Å². The van der Waals surface area contributed by atoms with Gasteiger partial charge in [-0.3, -0.25) is 0 Å². The van der Waals surface area contributed by atoms with Crippen LogP contribution in [0.4, 0.5) is 17.6 Å². The van der Waals surface area contributed by atoms with Crippen LogP contribution in [0.3, 0.4) is 0 Å². The van der Waals surface area contributed by atoms with Gasteiger partial charge in [0, 0.05) is 18.8 Å². The minimum absolute atomic E-state index is 0.194. The zero-order chi connectivity index (χ0) is 15.4. The molecule has 112 valence electrons. The number of aromatic nitrogens is 3. The van der Waals surface area contributed by atoms with E-state index in [1.807, 2.05) is 18.7 Å². The van der Waals surface area contributed by atoms with E-state index in [0.29, 0.717) is 11.9 Å². The van der Waals surface area contributed by atoms with E-state index >= 15 is 0 Å². The van der Waals surface area contributed by atoms with Crippen LogP contribution in [0.15, 0.2) is 18.2 Å². The number of rotatable bonds is 5. The molecule has 0 aliphatic rings. The van der Waals surface area contributed by atoms with Crippen molar-refractivity contribution in [2.45, 2.75) is 27.7 Å². The van der Waals surface area contributed by atoms with Gasteiger partial charge in [0.2, 0.25) is 17.2 Å². The van der Waals surface area contributed by atoms with Crippen LogP contribution < -0.4 is 10.2 Å². The Bertz CT molecular complexity index is 625. The van der Waals surface area contributed by atoms with E-state index in [9.17, 15) is 0 Å². The highest BCUT2D eigenvalue weighted by Crippen LogP contribution is 2.21. The highest BCUT2D eigenvalue weighted by atomic mass is 35.5. The Labute approximate surface area is 130 Å². The number of nitrogens with zero attached hydrogens (tertiary/aromatic N) is 4. The first kappa shape index (κ1) is 15.5. The Morgan fingerprint density at radius 1 is 1.10 bits per heavy atom. The van der Waals surface area contributed by atoms with Gasteiger partial charge in [-0.1, -0.05) is 12.1 Å². The Kier molecular flexibility index (Phi) is 4.96. The normalized spacial score (nSPS) is 10.5. The molecule has 0 unspecified atom stereocenters. The van der Waals surface area contributed by atoms with E-state index in [1.165, 1.54) is 5.56 Å². The van der Waals surface area contributed by atoms with Gasteiger partial charge in [0.15, 0.2) is 0 Å². The number of hydrogen-bond donors (Lipinski definition) is 1. The van der Waals surface area contributed by atoms with Crippen molar-refractivity contribution in [2.75, 3.05) is 23.3 Å². The van der Waals surface area contributed by atoms with Gasteiger partial charge in [-0.2, -0.15) is 15.0 Å². The Morgan fingerprint density at radius 3 is 2.48 bits per heavy atom. The summed E-state index contributed by atoms with van der Waals surface area (Å²) in [5.74, 6) is 1.05. The first-order chi connectivity index (χ1) is 10.0. The Morgan fingerprint density at radius 2 is 1.81 bits per heavy atom. The summed E-state index contributed by atoms with van der Waals surface area (Å²) in [4.78, 5) is 14.8. The van der Waals surface area contributed by atoms with Crippen molar-refractivity contribution in [1.82, 2.24) is 15.0 Å². The largest absolute Gasteiger partial charge is 0.341 e. The average Bonchev–Trinajstić information content (AvgIpc) is 2.44. The molecular weight excluding hydrogens is 286 g/mol. The molecule has 0 radical (unpaired) electrons. The summed E-state index contributed by atoms with van der Waals surface area (Å²) < 4.78 is 0. The number of halogens is 1. The van der Waals surface area contributed by atoms with Crippen molar-refractivity contribution in [3.8, 4) is 0 Å². The fraction of sp³-hybridized carbons (Fsp3) is 0.400. The van der Waals surface area contributed by atoms with Crippen molar-refractivity contribution in [3.63, 3.8) is 0 Å². The van der Waals surface area contributed by atoms with Crippen LogP contribution in [0.2, 0.25) is 5.28 Å². The molecule has 5 nitrogen and oxygen atoms in total. The molecule has 0 fully saturated rings. The summed E-state index contributed by atoms with van der Waals surface area (Å²) in [7, 11) is 0. The molecule has 2 aromatic rings. The predicted octanol–water partition coefficient (Wildman–Crippen LogP) is 3.73. The quantitative estimate of drug-likeness (QED) is 0.912. The third-order valence-corrected chi connectivity index (χ3v) is 3.45. The summed E-state index contributed by atoms with van der Waals surface area (Å²) in [5.41, 5.74) is 3.27. The smallest absolute Gasteiger partial charge is 0.233 e. The monoisotopic (exact) mass is 305 g/mol. The molecule has 0 aliphatic carbocycles. The summed E-state index contributed by atoms with van der Waals surface area (Å²) in [6.07, 6.45) is 0. The third-order valence-electron chi connectivity index (χ3n) is 3.28. The van der Waals surface area contributed by atoms with Crippen LogP contribution in [0.25, 0.3) is 0 Å². The summed E-state index contributed by atoms with van der Waals surface area (Å²) in [6, 6.07) is 6.19. The fourth-order valence-electron chi connectivity index (χ4n) is 2.03. The van der Waals surface area contributed by atoms with Crippen molar-refractivity contribution in [2.24, 2.45) is 0 Å². The van der Waals surface area contributed by atoms with Gasteiger partial charge in [0.25, 0.3) is 0 Å². The van der Waals surface area contributed by atoms with Crippen LogP contribution in [0.1, 0.15) is 25.0 Å². The predicted molar refractivity (Wildman–Crippen MR) is 87.6 cm³/mol. The van der Waals surface area contributed by atoms with E-state index in [4.69, 9.17) is 11.6 Å². The lowest BCUT2D eigenvalue weighted by atomic mass is 10.1. The molecule has 2 rings (SSSR count). The van der Waals surface area contributed by atoms with Crippen LogP contribution in [0, 0.1) is 13.8 Å². The first-order valence-electron chi connectivity index (χ1n) is 7.04. The average molecular weight is 306 g/mol. The van der Waals surface area contributed by atoms with Crippen LogP contribution in [0.5, 0.6) is 0 Å². The van der Waals surface area contributed by atoms with Crippen molar-refractivity contribution in [1.29, 1.82) is 0 Å². The molecule has 1 aromatic carbocycles. The summed E-state index contributed by atoms with van der Waals surface area (Å²) >= 11 is 6.02. The second kappa shape index (κ2) is 6.72. The molecule has 21 heavy (non-hydrogen) atoms. The van der Waals surface area contributed by atoms with Crippen LogP contribution in [-0.2, 0) is 0 Å². The molecule has 0 saturated heterocycles. The van der Waals surface area contributed by atoms with Gasteiger partial charge in [-0.05, 0) is 56.5 Å². The first-order valence-corrected chi connectivity index (χ1v) is 7.42. The SMILES string of the molecule is CCN(CC)c1nc(Cl)nc(Nc2cc(C)ccc2C)n1. The van der Waals surface area contributed by atoms with Gasteiger partial charge < -0.3 is 10.2 Å². The molecule has 1 N–H and O–H groups in total. The third kappa shape index (κ3) is 3.82. The molecule has 6 heteroatoms. The molecule has 0 amide bonds. The zero-order valence-corrected chi connectivity index (χ0v) is 13.6. The lowest BCUT2D eigenvalue weighted by molar-refractivity contribution is 0.813. The molecule has 0 spiro atoms. The second-order valence-corrected chi connectivity index (χ2v) is 5.18. The number of hydrogen-bond acceptors (Lipinski definition) is 5. The summed E-state index contributed by atoms with van der Waals surface area (Å²) in [5, 5.41) is 3.42. The Balaban J connectivity index is 2.34. The van der Waals surface area contributed by atoms with Crippen molar-refractivity contribution in [3.05, 3.63) is 34.6 Å².